The number of para-hydroxylation sites is 3. The van der Waals surface area contributed by atoms with Gasteiger partial charge >= 0.3 is 0 Å². The number of anilines is 3. The zero-order valence-electron chi connectivity index (χ0n) is 64.6. The lowest BCUT2D eigenvalue weighted by atomic mass is 10.1. The van der Waals surface area contributed by atoms with Crippen molar-refractivity contribution in [3.63, 3.8) is 0 Å². The largest absolute Gasteiger partial charge is 0.508 e. The van der Waals surface area contributed by atoms with Crippen molar-refractivity contribution in [1.82, 2.24) is 108 Å². The summed E-state index contributed by atoms with van der Waals surface area (Å²) in [6.45, 7) is 8.49. The number of hydrogen-bond acceptors (Lipinski definition) is 24. The monoisotopic (exact) mass is 1730 g/mol. The maximum atomic E-state index is 13.0. The number of nitrogens with one attached hydrogen (secondary N) is 2. The first-order valence-electron chi connectivity index (χ1n) is 38.8. The predicted octanol–water partition coefficient (Wildman–Crippen LogP) is 11.4. The van der Waals surface area contributed by atoms with Crippen molar-refractivity contribution in [2.75, 3.05) is 92.0 Å². The van der Waals surface area contributed by atoms with Crippen LogP contribution in [-0.4, -0.2) is 226 Å². The number of carbonyl (C=O) groups is 6. The number of imide groups is 3. The molecule has 0 atom stereocenters. The van der Waals surface area contributed by atoms with Crippen molar-refractivity contribution in [1.29, 1.82) is 0 Å². The number of piperazine rings is 2. The number of alkyl halides is 1. The fourth-order valence-electron chi connectivity index (χ4n) is 15.2. The van der Waals surface area contributed by atoms with E-state index in [0.717, 1.165) is 77.7 Å². The number of hydrogen-bond donors (Lipinski definition) is 4. The Labute approximate surface area is 710 Å². The molecule has 5 aliphatic rings. The molecule has 14 heterocycles. The fourth-order valence-corrected chi connectivity index (χ4v) is 15.9. The lowest BCUT2D eigenvalue weighted by Crippen LogP contribution is -2.47. The zero-order valence-corrected chi connectivity index (χ0v) is 67.7. The number of amides is 6. The number of nitrogens with zero attached hydrogens (tertiary/aromatic N) is 23. The second-order valence-electron chi connectivity index (χ2n) is 28.5. The van der Waals surface area contributed by atoms with Crippen LogP contribution in [0.3, 0.4) is 0 Å². The van der Waals surface area contributed by atoms with Gasteiger partial charge in [-0.1, -0.05) is 107 Å². The fraction of sp³-hybridized carbons (Fsp3) is 0.163. The van der Waals surface area contributed by atoms with Crippen LogP contribution in [0.25, 0.3) is 83.7 Å². The summed E-state index contributed by atoms with van der Waals surface area (Å²) in [6, 6.07) is 58.8. The molecule has 0 aliphatic carbocycles. The average Bonchev–Trinajstić information content (AvgIpc) is 1.60. The third-order valence-electron chi connectivity index (χ3n) is 21.3. The Hall–Kier alpha value is -14.7. The topological polar surface area (TPSA) is 369 Å². The Bertz CT molecular complexity index is 6790. The van der Waals surface area contributed by atoms with Crippen molar-refractivity contribution in [3.05, 3.63) is 276 Å². The first-order valence-corrected chi connectivity index (χ1v) is 40.7. The molecule has 5 aliphatic heterocycles. The van der Waals surface area contributed by atoms with Crippen molar-refractivity contribution in [3.8, 4) is 29.0 Å². The van der Waals surface area contributed by atoms with Crippen LogP contribution in [-0.2, 0) is 13.1 Å². The SMILES string of the molecule is Clc1nc(-n2ncc3ccccc32)c2[nH]cnc2n1.O=C1c2ccccc2C(=O)N1CCBr.O=C1c2ccccc2C(=O)N1CCn1cnc2c(-n3ncc4ccccc43)nc(Cl)nc21.O=C1c2ccccc2C(=O)N1CCn1cnc2c(-n3ncc4ccccc43)nc(N3CCN(c4ccc(O)cc4)CC3)nc21.Oc1ccc(N2CCNCC2)cc1. The normalized spacial score (nSPS) is 14.3. The number of fused-ring (bicyclic) bond motifs is 9. The molecular weight excluding hydrogens is 1660 g/mol. The molecule has 8 aromatic carbocycles. The maximum Gasteiger partial charge on any atom is 0.261 e. The van der Waals surface area contributed by atoms with E-state index in [1.165, 1.54) is 20.4 Å². The van der Waals surface area contributed by atoms with Crippen LogP contribution in [0.15, 0.2) is 232 Å². The molecule has 17 aromatic rings. The first kappa shape index (κ1) is 78.4. The van der Waals surface area contributed by atoms with Crippen LogP contribution >= 0.6 is 39.1 Å². The van der Waals surface area contributed by atoms with Gasteiger partial charge in [-0.15, -0.1) is 0 Å². The van der Waals surface area contributed by atoms with E-state index in [0.29, 0.717) is 134 Å². The first-order chi connectivity index (χ1) is 59.6. The lowest BCUT2D eigenvalue weighted by molar-refractivity contribution is 0.0634. The summed E-state index contributed by atoms with van der Waals surface area (Å²) >= 11 is 15.4. The standard InChI is InChI=1S/C32H27N9O3.C22H14ClN7O2.C12H7ClN6.C10H8BrNO2.C10H14N2O/c42-23-11-9-22(10-12-23)37-13-15-38(16-14-37)32-35-28-27(29(36-32)41-26-8-4-1-5-21(26)19-34-41)33-20-39(28)17-18-40-30(43)24-6-2-3-7-25(24)31(40)44;23-22-26-18-17(19(27-22)30-16-8-4-1-5-13(16)11-25-30)24-12-28(18)9-10-29-20(31)14-6-2-3-7-15(14)21(29)32;13-12-17-10-9(14-6-15-10)11(18-12)19-8-4-2-1-3-7(8)5-16-19;11-5-6-12-9(13)7-3-1-2-4-8(7)10(12)14;13-10-3-1-9(2-4-10)12-7-5-11-6-8-12/h1-12,19-20,42H,13-18H2;1-8,11-12H,9-10H2;1-6H,(H,14,15,17,18);1-4H,5-6H2;1-4,11,13H,5-8H2. The number of rotatable bonds is 14. The van der Waals surface area contributed by atoms with E-state index in [4.69, 9.17) is 43.3 Å². The van der Waals surface area contributed by atoms with Gasteiger partial charge in [-0.05, 0) is 126 Å². The van der Waals surface area contributed by atoms with E-state index in [1.807, 2.05) is 102 Å². The van der Waals surface area contributed by atoms with Crippen LogP contribution < -0.4 is 20.0 Å². The number of phenolic OH excluding ortho intramolecular Hbond substituents is 2. The summed E-state index contributed by atoms with van der Waals surface area (Å²) in [5, 5.41) is 39.3. The van der Waals surface area contributed by atoms with Gasteiger partial charge in [0.15, 0.2) is 45.4 Å². The number of halogens is 3. The van der Waals surface area contributed by atoms with Gasteiger partial charge in [0, 0.05) is 118 Å². The van der Waals surface area contributed by atoms with Gasteiger partial charge in [0.1, 0.15) is 17.0 Å². The molecule has 0 bridgehead atoms. The van der Waals surface area contributed by atoms with Crippen LogP contribution in [0.5, 0.6) is 11.5 Å². The van der Waals surface area contributed by atoms with Gasteiger partial charge in [-0.3, -0.25) is 43.5 Å². The summed E-state index contributed by atoms with van der Waals surface area (Å²) in [5.74, 6) is 1.18. The van der Waals surface area contributed by atoms with Gasteiger partial charge < -0.3 is 44.3 Å². The maximum absolute atomic E-state index is 13.0. The number of aromatic hydroxyl groups is 2. The van der Waals surface area contributed by atoms with Gasteiger partial charge in [0.05, 0.1) is 87.5 Å². The third kappa shape index (κ3) is 15.3. The van der Waals surface area contributed by atoms with E-state index in [2.05, 4.69) is 86.1 Å². The number of aromatic nitrogens is 18. The van der Waals surface area contributed by atoms with Gasteiger partial charge in [-0.25, -0.2) is 29.0 Å². The number of phenols is 2. The van der Waals surface area contributed by atoms with E-state index < -0.39 is 0 Å². The summed E-state index contributed by atoms with van der Waals surface area (Å²) in [6.07, 6.45) is 10.2. The molecule has 33 nitrogen and oxygen atoms in total. The minimum atomic E-state index is -0.300. The zero-order chi connectivity index (χ0) is 83.6. The second kappa shape index (κ2) is 33.9. The molecule has 0 unspecified atom stereocenters. The van der Waals surface area contributed by atoms with Gasteiger partial charge in [-0.2, -0.15) is 45.2 Å². The molecule has 608 valence electrons. The molecule has 2 fully saturated rings. The van der Waals surface area contributed by atoms with Crippen molar-refractivity contribution < 1.29 is 39.0 Å². The Morgan fingerprint density at radius 3 is 1.19 bits per heavy atom. The molecule has 22 rings (SSSR count). The quantitative estimate of drug-likeness (QED) is 0.0446. The summed E-state index contributed by atoms with van der Waals surface area (Å²) < 4.78 is 8.81. The Balaban J connectivity index is 0.000000113. The van der Waals surface area contributed by atoms with E-state index in [9.17, 15) is 33.9 Å². The number of benzene rings is 8. The third-order valence-corrected chi connectivity index (χ3v) is 22.0. The average molecular weight is 1730 g/mol. The summed E-state index contributed by atoms with van der Waals surface area (Å²) in [5.41, 5.74) is 11.1. The molecular formula is C86H70BrCl2N25O8. The van der Waals surface area contributed by atoms with Crippen LogP contribution in [0.2, 0.25) is 10.6 Å². The molecule has 0 saturated carbocycles. The minimum Gasteiger partial charge on any atom is -0.508 e. The number of H-pyrrole nitrogens is 1. The van der Waals surface area contributed by atoms with E-state index in [1.54, 1.807) is 153 Å². The number of imidazole rings is 3. The highest BCUT2D eigenvalue weighted by Crippen LogP contribution is 2.33. The Morgan fingerprint density at radius 2 is 0.746 bits per heavy atom. The van der Waals surface area contributed by atoms with Gasteiger partial charge in [0.2, 0.25) is 16.5 Å². The van der Waals surface area contributed by atoms with E-state index in [-0.39, 0.29) is 64.8 Å². The van der Waals surface area contributed by atoms with Crippen molar-refractivity contribution in [2.24, 2.45) is 0 Å². The number of carbonyl (C=O) groups excluding carboxylic acids is 6. The molecule has 36 heteroatoms. The summed E-state index contributed by atoms with van der Waals surface area (Å²) in [7, 11) is 0. The Kier molecular flexibility index (Phi) is 21.8. The minimum absolute atomic E-state index is 0.0505. The second-order valence-corrected chi connectivity index (χ2v) is 30.0. The highest BCUT2D eigenvalue weighted by molar-refractivity contribution is 9.09. The van der Waals surface area contributed by atoms with Crippen LogP contribution in [0.4, 0.5) is 17.3 Å². The summed E-state index contributed by atoms with van der Waals surface area (Å²) in [4.78, 5) is 128. The molecule has 0 spiro atoms. The van der Waals surface area contributed by atoms with Crippen LogP contribution in [0, 0.1) is 0 Å². The predicted molar refractivity (Wildman–Crippen MR) is 461 cm³/mol. The van der Waals surface area contributed by atoms with E-state index >= 15 is 0 Å². The smallest absolute Gasteiger partial charge is 0.261 e. The molecule has 4 N–H and O–H groups in total. The van der Waals surface area contributed by atoms with Crippen molar-refractivity contribution in [2.45, 2.75) is 13.1 Å². The highest BCUT2D eigenvalue weighted by Gasteiger charge is 2.38. The van der Waals surface area contributed by atoms with Crippen LogP contribution in [0.1, 0.15) is 62.1 Å². The number of aromatic amines is 1. The molecule has 0 radical (unpaired) electrons. The molecule has 122 heavy (non-hydrogen) atoms. The highest BCUT2D eigenvalue weighted by atomic mass is 79.9. The van der Waals surface area contributed by atoms with Crippen molar-refractivity contribution >= 4 is 158 Å². The van der Waals surface area contributed by atoms with Gasteiger partial charge in [0.25, 0.3) is 35.4 Å². The molecule has 6 amide bonds. The Morgan fingerprint density at radius 1 is 0.377 bits per heavy atom. The lowest BCUT2D eigenvalue weighted by Gasteiger charge is -2.36. The molecule has 2 saturated heterocycles. The molecule has 9 aromatic heterocycles.